The lowest BCUT2D eigenvalue weighted by atomic mass is 10.0. The number of rotatable bonds is 5. The first kappa shape index (κ1) is 20.2. The van der Waals surface area contributed by atoms with Crippen LogP contribution in [-0.2, 0) is 16.0 Å². The number of carbonyl (C=O) groups is 2. The maximum absolute atomic E-state index is 14.1. The summed E-state index contributed by atoms with van der Waals surface area (Å²) in [5.41, 5.74) is 1.83. The number of thiocarbonyl (C=S) groups is 1. The Balaban J connectivity index is 2.00. The second kappa shape index (κ2) is 8.62. The van der Waals surface area contributed by atoms with E-state index in [1.807, 2.05) is 6.92 Å². The molecule has 0 atom stereocenters. The van der Waals surface area contributed by atoms with Crippen molar-refractivity contribution in [1.82, 2.24) is 10.6 Å². The molecular weight excluding hydrogens is 447 g/mol. The van der Waals surface area contributed by atoms with Crippen LogP contribution in [-0.4, -0.2) is 23.5 Å². The number of amides is 2. The Kier molecular flexibility index (Phi) is 6.21. The van der Waals surface area contributed by atoms with Crippen LogP contribution in [0.2, 0.25) is 0 Å². The number of carbonyl (C=O) groups excluding carboxylic acids is 2. The van der Waals surface area contributed by atoms with Crippen LogP contribution in [0.4, 0.5) is 4.39 Å². The molecule has 1 saturated heterocycles. The second-order valence-corrected chi connectivity index (χ2v) is 7.24. The largest absolute Gasteiger partial charge is 0.494 e. The zero-order valence-electron chi connectivity index (χ0n) is 14.8. The van der Waals surface area contributed by atoms with Gasteiger partial charge in [-0.1, -0.05) is 34.1 Å². The van der Waals surface area contributed by atoms with Crippen molar-refractivity contribution in [3.63, 3.8) is 0 Å². The van der Waals surface area contributed by atoms with Gasteiger partial charge >= 0.3 is 0 Å². The van der Waals surface area contributed by atoms with Crippen LogP contribution < -0.4 is 15.4 Å². The standard InChI is InChI=1S/C20H16BrFN2O3S/c1-2-27-17-9-11(7-14-18(25)23-20(28)24-19(14)26)8-15(21)13(17)10-12-5-3-4-6-16(12)22/h3-9H,2,10H2,1H3,(H2,23,24,25,26,28). The number of nitrogens with one attached hydrogen (secondary N) is 2. The van der Waals surface area contributed by atoms with E-state index in [-0.39, 0.29) is 16.5 Å². The maximum atomic E-state index is 14.1. The molecule has 0 bridgehead atoms. The Morgan fingerprint density at radius 1 is 1.18 bits per heavy atom. The molecule has 0 aliphatic carbocycles. The van der Waals surface area contributed by atoms with E-state index in [2.05, 4.69) is 26.6 Å². The molecule has 1 aliphatic rings. The van der Waals surface area contributed by atoms with Gasteiger partial charge in [0.2, 0.25) is 0 Å². The number of halogens is 2. The molecule has 3 rings (SSSR count). The Morgan fingerprint density at radius 3 is 2.50 bits per heavy atom. The smallest absolute Gasteiger partial charge is 0.263 e. The van der Waals surface area contributed by atoms with Crippen molar-refractivity contribution in [2.75, 3.05) is 6.61 Å². The lowest BCUT2D eigenvalue weighted by molar-refractivity contribution is -0.123. The van der Waals surface area contributed by atoms with E-state index < -0.39 is 11.8 Å². The molecule has 2 aromatic carbocycles. The molecule has 0 saturated carbocycles. The molecule has 1 fully saturated rings. The quantitative estimate of drug-likeness (QED) is 0.405. The lowest BCUT2D eigenvalue weighted by Gasteiger charge is -2.17. The Labute approximate surface area is 175 Å². The Bertz CT molecular complexity index is 985. The van der Waals surface area contributed by atoms with E-state index in [9.17, 15) is 14.0 Å². The monoisotopic (exact) mass is 462 g/mol. The highest BCUT2D eigenvalue weighted by molar-refractivity contribution is 9.10. The predicted octanol–water partition coefficient (Wildman–Crippen LogP) is 3.49. The fraction of sp³-hybridized carbons (Fsp3) is 0.150. The van der Waals surface area contributed by atoms with Gasteiger partial charge in [0.1, 0.15) is 17.1 Å². The molecule has 144 valence electrons. The van der Waals surface area contributed by atoms with E-state index in [0.29, 0.717) is 34.4 Å². The number of hydrogen-bond donors (Lipinski definition) is 2. The number of hydrogen-bond acceptors (Lipinski definition) is 4. The van der Waals surface area contributed by atoms with Crippen molar-refractivity contribution in [2.45, 2.75) is 13.3 Å². The van der Waals surface area contributed by atoms with Crippen LogP contribution in [0.25, 0.3) is 6.08 Å². The summed E-state index contributed by atoms with van der Waals surface area (Å²) in [6, 6.07) is 10.00. The highest BCUT2D eigenvalue weighted by atomic mass is 79.9. The summed E-state index contributed by atoms with van der Waals surface area (Å²) < 4.78 is 20.5. The minimum absolute atomic E-state index is 0.0245. The molecule has 28 heavy (non-hydrogen) atoms. The van der Waals surface area contributed by atoms with Gasteiger partial charge in [0.25, 0.3) is 11.8 Å². The van der Waals surface area contributed by atoms with Gasteiger partial charge in [-0.25, -0.2) is 4.39 Å². The first-order valence-electron chi connectivity index (χ1n) is 8.46. The van der Waals surface area contributed by atoms with E-state index in [1.54, 1.807) is 30.3 Å². The third kappa shape index (κ3) is 4.45. The molecule has 0 spiro atoms. The van der Waals surface area contributed by atoms with Gasteiger partial charge in [0.05, 0.1) is 6.61 Å². The van der Waals surface area contributed by atoms with Crippen LogP contribution in [0.1, 0.15) is 23.6 Å². The van der Waals surface area contributed by atoms with Crippen molar-refractivity contribution < 1.29 is 18.7 Å². The van der Waals surface area contributed by atoms with Crippen molar-refractivity contribution in [3.05, 3.63) is 69.0 Å². The third-order valence-electron chi connectivity index (χ3n) is 4.06. The van der Waals surface area contributed by atoms with E-state index >= 15 is 0 Å². The topological polar surface area (TPSA) is 67.4 Å². The van der Waals surface area contributed by atoms with E-state index in [0.717, 1.165) is 5.56 Å². The minimum atomic E-state index is -0.571. The molecule has 2 aromatic rings. The summed E-state index contributed by atoms with van der Waals surface area (Å²) in [6.45, 7) is 2.25. The first-order valence-corrected chi connectivity index (χ1v) is 9.66. The predicted molar refractivity (Wildman–Crippen MR) is 111 cm³/mol. The molecule has 1 heterocycles. The molecule has 2 amide bonds. The normalized spacial score (nSPS) is 13.8. The molecule has 0 unspecified atom stereocenters. The van der Waals surface area contributed by atoms with E-state index in [4.69, 9.17) is 17.0 Å². The summed E-state index contributed by atoms with van der Waals surface area (Å²) >= 11 is 8.30. The lowest BCUT2D eigenvalue weighted by Crippen LogP contribution is -2.51. The molecular formula is C20H16BrFN2O3S. The fourth-order valence-corrected chi connectivity index (χ4v) is 3.56. The zero-order chi connectivity index (χ0) is 20.3. The maximum Gasteiger partial charge on any atom is 0.263 e. The van der Waals surface area contributed by atoms with Crippen molar-refractivity contribution >= 4 is 51.2 Å². The molecule has 5 nitrogen and oxygen atoms in total. The van der Waals surface area contributed by atoms with Gasteiger partial charge in [0, 0.05) is 16.5 Å². The Morgan fingerprint density at radius 2 is 1.86 bits per heavy atom. The van der Waals surface area contributed by atoms with E-state index in [1.165, 1.54) is 12.1 Å². The fourth-order valence-electron chi connectivity index (χ4n) is 2.78. The van der Waals surface area contributed by atoms with Crippen LogP contribution in [0.3, 0.4) is 0 Å². The minimum Gasteiger partial charge on any atom is -0.494 e. The molecule has 0 radical (unpaired) electrons. The van der Waals surface area contributed by atoms with Crippen LogP contribution in [0.15, 0.2) is 46.4 Å². The zero-order valence-corrected chi connectivity index (χ0v) is 17.2. The van der Waals surface area contributed by atoms with Crippen LogP contribution in [0.5, 0.6) is 5.75 Å². The van der Waals surface area contributed by atoms with Crippen LogP contribution in [0, 0.1) is 5.82 Å². The summed E-state index contributed by atoms with van der Waals surface area (Å²) in [6.07, 6.45) is 1.78. The SMILES string of the molecule is CCOc1cc(C=C2C(=O)NC(=S)NC2=O)cc(Br)c1Cc1ccccc1F. The molecule has 8 heteroatoms. The molecule has 2 N–H and O–H groups in total. The van der Waals surface area contributed by atoms with Gasteiger partial charge in [-0.3, -0.25) is 20.2 Å². The summed E-state index contributed by atoms with van der Waals surface area (Å²) in [5, 5.41) is 4.76. The highest BCUT2D eigenvalue weighted by Gasteiger charge is 2.26. The average molecular weight is 463 g/mol. The highest BCUT2D eigenvalue weighted by Crippen LogP contribution is 2.33. The van der Waals surface area contributed by atoms with Crippen molar-refractivity contribution in [2.24, 2.45) is 0 Å². The number of ether oxygens (including phenoxy) is 1. The van der Waals surface area contributed by atoms with Crippen molar-refractivity contribution in [1.29, 1.82) is 0 Å². The molecule has 1 aliphatic heterocycles. The van der Waals surface area contributed by atoms with Gasteiger partial charge in [0.15, 0.2) is 5.11 Å². The number of benzene rings is 2. The van der Waals surface area contributed by atoms with Crippen LogP contribution >= 0.6 is 28.1 Å². The van der Waals surface area contributed by atoms with Crippen molar-refractivity contribution in [3.8, 4) is 5.75 Å². The van der Waals surface area contributed by atoms with Gasteiger partial charge < -0.3 is 4.74 Å². The average Bonchev–Trinajstić information content (AvgIpc) is 2.63. The second-order valence-electron chi connectivity index (χ2n) is 5.98. The first-order chi connectivity index (χ1) is 13.4. The summed E-state index contributed by atoms with van der Waals surface area (Å²) in [4.78, 5) is 24.1. The summed E-state index contributed by atoms with van der Waals surface area (Å²) in [7, 11) is 0. The third-order valence-corrected chi connectivity index (χ3v) is 4.97. The Hall–Kier alpha value is -2.58. The van der Waals surface area contributed by atoms with Gasteiger partial charge in [-0.05, 0) is 54.5 Å². The van der Waals surface area contributed by atoms with Gasteiger partial charge in [-0.2, -0.15) is 0 Å². The van der Waals surface area contributed by atoms with Gasteiger partial charge in [-0.15, -0.1) is 0 Å². The summed E-state index contributed by atoms with van der Waals surface area (Å²) in [5.74, 6) is -0.898. The molecule has 0 aromatic heterocycles.